The maximum Gasteiger partial charge on any atom is 0.327 e. The summed E-state index contributed by atoms with van der Waals surface area (Å²) in [6.45, 7) is 6.97. The van der Waals surface area contributed by atoms with Crippen LogP contribution in [-0.4, -0.2) is 74.3 Å². The Bertz CT molecular complexity index is 1610. The van der Waals surface area contributed by atoms with Gasteiger partial charge >= 0.3 is 11.9 Å². The van der Waals surface area contributed by atoms with Crippen molar-refractivity contribution in [1.82, 2.24) is 20.9 Å². The molecule has 0 aliphatic carbocycles. The number of carbonyl (C=O) groups is 5. The van der Waals surface area contributed by atoms with Gasteiger partial charge < -0.3 is 31.1 Å². The molecule has 16 heteroatoms. The van der Waals surface area contributed by atoms with Gasteiger partial charge in [0.25, 0.3) is 0 Å². The lowest BCUT2D eigenvalue weighted by atomic mass is 9.92. The van der Waals surface area contributed by atoms with Crippen molar-refractivity contribution < 1.29 is 34.2 Å². The Balaban J connectivity index is 1.68. The van der Waals surface area contributed by atoms with E-state index in [4.69, 9.17) is 11.6 Å². The van der Waals surface area contributed by atoms with Crippen molar-refractivity contribution >= 4 is 70.4 Å². The van der Waals surface area contributed by atoms with Gasteiger partial charge in [0.15, 0.2) is 6.19 Å². The summed E-state index contributed by atoms with van der Waals surface area (Å²) in [6.07, 6.45) is 2.02. The molecule has 256 valence electrons. The summed E-state index contributed by atoms with van der Waals surface area (Å²) in [7, 11) is 0. The zero-order valence-electron chi connectivity index (χ0n) is 26.9. The number of nitrogens with one attached hydrogen (secondary N) is 4. The maximum absolute atomic E-state index is 13.5. The molecule has 0 aromatic heterocycles. The minimum atomic E-state index is -1.33. The third-order valence-corrected chi connectivity index (χ3v) is 8.37. The summed E-state index contributed by atoms with van der Waals surface area (Å²) in [5.41, 5.74) is 1.86. The molecule has 14 nitrogen and oxygen atoms in total. The quantitative estimate of drug-likeness (QED) is 0.0584. The zero-order chi connectivity index (χ0) is 35.6. The van der Waals surface area contributed by atoms with Crippen molar-refractivity contribution in [2.75, 3.05) is 16.8 Å². The van der Waals surface area contributed by atoms with E-state index in [9.17, 15) is 39.4 Å². The lowest BCUT2D eigenvalue weighted by molar-refractivity contribution is -0.143. The van der Waals surface area contributed by atoms with Crippen LogP contribution in [0.15, 0.2) is 47.5 Å². The molecule has 0 saturated carbocycles. The zero-order valence-corrected chi connectivity index (χ0v) is 28.4. The van der Waals surface area contributed by atoms with Crippen LogP contribution in [0, 0.1) is 16.9 Å². The Labute approximate surface area is 287 Å². The first-order valence-electron chi connectivity index (χ1n) is 14.9. The van der Waals surface area contributed by atoms with Gasteiger partial charge in [0, 0.05) is 36.4 Å². The van der Waals surface area contributed by atoms with Gasteiger partial charge in [-0.25, -0.2) is 14.6 Å². The molecule has 0 spiro atoms. The summed E-state index contributed by atoms with van der Waals surface area (Å²) in [5.74, 6) is -3.72. The number of nitriles is 1. The molecule has 2 aromatic carbocycles. The van der Waals surface area contributed by atoms with Gasteiger partial charge in [-0.2, -0.15) is 17.0 Å². The lowest BCUT2D eigenvalue weighted by Crippen LogP contribution is -2.47. The molecule has 0 saturated heterocycles. The fourth-order valence-electron chi connectivity index (χ4n) is 4.84. The number of halogens is 1. The van der Waals surface area contributed by atoms with Crippen molar-refractivity contribution in [2.45, 2.75) is 65.2 Å². The number of carbonyl (C=O) groups excluding carboxylic acids is 3. The molecule has 1 heterocycles. The SMILES string of the molecule is CC(=O)N1Cc2cc(NC(=Nc3ccc(Cl)cc3)NC#N)ccc2C1C(=O)NC(CSCCC(NC(=O)CC(C)(C)C)C(=O)O)C(=O)O. The van der Waals surface area contributed by atoms with E-state index in [0.717, 1.165) is 11.8 Å². The number of fused-ring (bicyclic) bond motifs is 1. The third kappa shape index (κ3) is 11.2. The highest BCUT2D eigenvalue weighted by Crippen LogP contribution is 2.36. The van der Waals surface area contributed by atoms with E-state index in [-0.39, 0.29) is 42.3 Å². The topological polar surface area (TPSA) is 213 Å². The fraction of sp³-hybridized carbons (Fsp3) is 0.406. The van der Waals surface area contributed by atoms with Crippen LogP contribution in [0.1, 0.15) is 57.7 Å². The van der Waals surface area contributed by atoms with Crippen LogP contribution >= 0.6 is 23.4 Å². The standard InChI is InChI=1S/C32H38ClN7O7S/c1-18(41)40-15-19-13-22(37-31(35-17-34)36-21-7-5-20(33)6-8-21)9-10-23(19)27(40)28(43)39-25(30(46)47)16-48-12-11-24(29(44)45)38-26(42)14-32(2,3)4/h5-10,13,24-25,27H,11-12,14-16H2,1-4H3,(H,38,42)(H,39,43)(H,44,45)(H,46,47)(H2,35,36,37). The van der Waals surface area contributed by atoms with Gasteiger partial charge in [-0.05, 0) is 65.1 Å². The van der Waals surface area contributed by atoms with Crippen molar-refractivity contribution in [3.63, 3.8) is 0 Å². The smallest absolute Gasteiger partial charge is 0.327 e. The molecule has 3 amide bonds. The molecule has 2 aromatic rings. The number of benzene rings is 2. The summed E-state index contributed by atoms with van der Waals surface area (Å²) in [5, 5.41) is 39.6. The van der Waals surface area contributed by atoms with E-state index in [1.807, 2.05) is 27.0 Å². The highest BCUT2D eigenvalue weighted by molar-refractivity contribution is 7.99. The van der Waals surface area contributed by atoms with E-state index < -0.39 is 47.8 Å². The number of hydrogen-bond donors (Lipinski definition) is 6. The summed E-state index contributed by atoms with van der Waals surface area (Å²) in [6, 6.07) is 8.08. The van der Waals surface area contributed by atoms with E-state index in [1.54, 1.807) is 42.5 Å². The molecule has 0 radical (unpaired) electrons. The number of anilines is 1. The van der Waals surface area contributed by atoms with Gasteiger partial charge in [-0.1, -0.05) is 38.4 Å². The van der Waals surface area contributed by atoms with Gasteiger partial charge in [0.2, 0.25) is 23.7 Å². The lowest BCUT2D eigenvalue weighted by Gasteiger charge is -2.25. The van der Waals surface area contributed by atoms with E-state index in [0.29, 0.717) is 27.5 Å². The predicted molar refractivity (Wildman–Crippen MR) is 181 cm³/mol. The third-order valence-electron chi connectivity index (χ3n) is 7.02. The Morgan fingerprint density at radius 3 is 2.31 bits per heavy atom. The Morgan fingerprint density at radius 2 is 1.73 bits per heavy atom. The molecular formula is C32H38ClN7O7S. The molecule has 6 N–H and O–H groups in total. The molecular weight excluding hydrogens is 662 g/mol. The molecule has 3 atom stereocenters. The van der Waals surface area contributed by atoms with Crippen LogP contribution < -0.4 is 21.3 Å². The van der Waals surface area contributed by atoms with Crippen LogP contribution in [0.4, 0.5) is 11.4 Å². The number of hydrogen-bond acceptors (Lipinski definition) is 8. The monoisotopic (exact) mass is 699 g/mol. The van der Waals surface area contributed by atoms with Gasteiger partial charge in [0.05, 0.1) is 5.69 Å². The average Bonchev–Trinajstić information content (AvgIpc) is 3.37. The first-order valence-corrected chi connectivity index (χ1v) is 16.4. The summed E-state index contributed by atoms with van der Waals surface area (Å²) >= 11 is 7.05. The maximum atomic E-state index is 13.5. The first kappa shape index (κ1) is 37.6. The fourth-order valence-corrected chi connectivity index (χ4v) is 6.00. The van der Waals surface area contributed by atoms with Crippen molar-refractivity contribution in [1.29, 1.82) is 5.26 Å². The second-order valence-corrected chi connectivity index (χ2v) is 13.8. The van der Waals surface area contributed by atoms with Gasteiger partial charge in [0.1, 0.15) is 18.1 Å². The van der Waals surface area contributed by atoms with Crippen LogP contribution in [0.5, 0.6) is 0 Å². The normalized spacial score (nSPS) is 15.4. The summed E-state index contributed by atoms with van der Waals surface area (Å²) < 4.78 is 0. The Morgan fingerprint density at radius 1 is 1.06 bits per heavy atom. The number of rotatable bonds is 13. The number of aliphatic imine (C=N–C) groups is 1. The predicted octanol–water partition coefficient (Wildman–Crippen LogP) is 3.61. The Kier molecular flexibility index (Phi) is 13.2. The first-order chi connectivity index (χ1) is 22.6. The number of aliphatic carboxylic acids is 2. The molecule has 1 aliphatic rings. The number of carboxylic acid groups (broad SMARTS) is 2. The number of nitrogens with zero attached hydrogens (tertiary/aromatic N) is 3. The van der Waals surface area contributed by atoms with E-state index in [1.165, 1.54) is 11.8 Å². The number of thioether (sulfide) groups is 1. The van der Waals surface area contributed by atoms with Gasteiger partial charge in [-0.15, -0.1) is 0 Å². The molecule has 3 unspecified atom stereocenters. The second-order valence-electron chi connectivity index (χ2n) is 12.2. The van der Waals surface area contributed by atoms with Gasteiger partial charge in [-0.3, -0.25) is 19.7 Å². The second kappa shape index (κ2) is 16.8. The van der Waals surface area contributed by atoms with Crippen molar-refractivity contribution in [2.24, 2.45) is 10.4 Å². The van der Waals surface area contributed by atoms with Crippen molar-refractivity contribution in [3.8, 4) is 6.19 Å². The largest absolute Gasteiger partial charge is 0.480 e. The average molecular weight is 700 g/mol. The number of amides is 3. The van der Waals surface area contributed by atoms with Crippen LogP contribution in [0.2, 0.25) is 5.02 Å². The molecule has 3 rings (SSSR count). The van der Waals surface area contributed by atoms with Crippen molar-refractivity contribution in [3.05, 3.63) is 58.6 Å². The number of guanidine groups is 1. The molecule has 0 fully saturated rings. The van der Waals surface area contributed by atoms with E-state index in [2.05, 4.69) is 26.3 Å². The molecule has 0 bridgehead atoms. The van der Waals surface area contributed by atoms with Crippen LogP contribution in [0.25, 0.3) is 0 Å². The molecule has 48 heavy (non-hydrogen) atoms. The minimum absolute atomic E-state index is 0.0522. The highest BCUT2D eigenvalue weighted by atomic mass is 35.5. The number of carboxylic acids is 2. The highest BCUT2D eigenvalue weighted by Gasteiger charge is 2.39. The van der Waals surface area contributed by atoms with Crippen LogP contribution in [0.3, 0.4) is 0 Å². The summed E-state index contributed by atoms with van der Waals surface area (Å²) in [4.78, 5) is 67.7. The minimum Gasteiger partial charge on any atom is -0.480 e. The molecule has 1 aliphatic heterocycles. The van der Waals surface area contributed by atoms with E-state index >= 15 is 0 Å². The van der Waals surface area contributed by atoms with Crippen LogP contribution in [-0.2, 0) is 30.5 Å². The Hall–Kier alpha value is -4.81.